The molecule has 0 bridgehead atoms. The second-order valence-electron chi connectivity index (χ2n) is 4.89. The third kappa shape index (κ3) is 3.31. The molecule has 0 aromatic heterocycles. The molecule has 1 fully saturated rings. The molecule has 1 aliphatic heterocycles. The van der Waals surface area contributed by atoms with Gasteiger partial charge < -0.3 is 14.9 Å². The molecule has 1 aromatic carbocycles. The number of hydrogen-bond donors (Lipinski definition) is 2. The summed E-state index contributed by atoms with van der Waals surface area (Å²) in [5, 5.41) is 18.0. The van der Waals surface area contributed by atoms with Crippen molar-refractivity contribution in [3.63, 3.8) is 0 Å². The number of likely N-dealkylation sites (tertiary alicyclic amines) is 1. The Kier molecular flexibility index (Phi) is 4.21. The molecular weight excluding hydrogens is 213 g/mol. The van der Waals surface area contributed by atoms with Crippen molar-refractivity contribution in [3.8, 4) is 0 Å². The summed E-state index contributed by atoms with van der Waals surface area (Å²) < 4.78 is 0. The van der Waals surface area contributed by atoms with E-state index in [1.807, 2.05) is 12.1 Å². The van der Waals surface area contributed by atoms with Crippen molar-refractivity contribution in [1.29, 1.82) is 0 Å². The van der Waals surface area contributed by atoms with Gasteiger partial charge in [-0.1, -0.05) is 24.3 Å². The number of nitrogens with zero attached hydrogens (tertiary/aromatic N) is 1. The first-order valence-electron chi connectivity index (χ1n) is 6.36. The van der Waals surface area contributed by atoms with Crippen molar-refractivity contribution in [2.24, 2.45) is 0 Å². The fraction of sp³-hybridized carbons (Fsp3) is 0.538. The third-order valence-corrected chi connectivity index (χ3v) is 3.66. The van der Waals surface area contributed by atoms with Crippen LogP contribution in [0.2, 0.25) is 0 Å². The Hall–Kier alpha value is -0.835. The number of rotatable bonds is 4. The van der Waals surface area contributed by atoms with E-state index in [0.717, 1.165) is 13.0 Å². The molecule has 1 heterocycles. The lowest BCUT2D eigenvalue weighted by Crippen LogP contribution is -2.30. The molecule has 0 unspecified atom stereocenters. The Bertz CT molecular complexity index is 353. The molecule has 0 aliphatic carbocycles. The van der Waals surface area contributed by atoms with Crippen LogP contribution in [0.1, 0.15) is 25.3 Å². The molecule has 0 amide bonds. The zero-order valence-electron chi connectivity index (χ0n) is 10.3. The van der Waals surface area contributed by atoms with Crippen LogP contribution < -0.4 is 5.46 Å². The topological polar surface area (TPSA) is 43.7 Å². The van der Waals surface area contributed by atoms with E-state index in [1.165, 1.54) is 24.9 Å². The summed E-state index contributed by atoms with van der Waals surface area (Å²) in [6, 6.07) is 8.25. The molecule has 1 aromatic rings. The van der Waals surface area contributed by atoms with Gasteiger partial charge in [-0.2, -0.15) is 0 Å². The van der Waals surface area contributed by atoms with Gasteiger partial charge in [0.1, 0.15) is 0 Å². The van der Waals surface area contributed by atoms with E-state index in [1.54, 1.807) is 12.1 Å². The Labute approximate surface area is 103 Å². The lowest BCUT2D eigenvalue weighted by atomic mass is 9.80. The molecule has 1 aliphatic rings. The van der Waals surface area contributed by atoms with Gasteiger partial charge >= 0.3 is 7.12 Å². The molecule has 2 N–H and O–H groups in total. The van der Waals surface area contributed by atoms with Crippen molar-refractivity contribution >= 4 is 12.6 Å². The van der Waals surface area contributed by atoms with Crippen LogP contribution in [0, 0.1) is 0 Å². The van der Waals surface area contributed by atoms with Gasteiger partial charge in [0.15, 0.2) is 0 Å². The van der Waals surface area contributed by atoms with Crippen molar-refractivity contribution < 1.29 is 10.0 Å². The summed E-state index contributed by atoms with van der Waals surface area (Å²) in [6.45, 7) is 4.61. The first-order valence-corrected chi connectivity index (χ1v) is 6.36. The van der Waals surface area contributed by atoms with Crippen LogP contribution in [0.25, 0.3) is 0 Å². The van der Waals surface area contributed by atoms with Crippen molar-refractivity contribution in [2.45, 2.75) is 32.2 Å². The van der Waals surface area contributed by atoms with Crippen LogP contribution in [-0.4, -0.2) is 41.2 Å². The van der Waals surface area contributed by atoms with Gasteiger partial charge in [-0.3, -0.25) is 0 Å². The molecular formula is C13H20BNO2. The van der Waals surface area contributed by atoms with Gasteiger partial charge in [-0.15, -0.1) is 0 Å². The van der Waals surface area contributed by atoms with Crippen LogP contribution in [-0.2, 0) is 6.42 Å². The summed E-state index contributed by atoms with van der Waals surface area (Å²) in [5.41, 5.74) is 1.82. The molecule has 0 saturated carbocycles. The van der Waals surface area contributed by atoms with E-state index in [0.29, 0.717) is 11.5 Å². The SMILES string of the molecule is C[C@H]1CCCN1CCc1ccc(B(O)O)cc1. The van der Waals surface area contributed by atoms with E-state index >= 15 is 0 Å². The second-order valence-corrected chi connectivity index (χ2v) is 4.89. The third-order valence-electron chi connectivity index (χ3n) is 3.66. The van der Waals surface area contributed by atoms with E-state index in [9.17, 15) is 0 Å². The summed E-state index contributed by atoms with van der Waals surface area (Å²) >= 11 is 0. The summed E-state index contributed by atoms with van der Waals surface area (Å²) in [4.78, 5) is 2.52. The second kappa shape index (κ2) is 5.67. The van der Waals surface area contributed by atoms with Crippen LogP contribution in [0.15, 0.2) is 24.3 Å². The highest BCUT2D eigenvalue weighted by Crippen LogP contribution is 2.16. The van der Waals surface area contributed by atoms with Crippen LogP contribution >= 0.6 is 0 Å². The molecule has 0 radical (unpaired) electrons. The maximum absolute atomic E-state index is 9.00. The summed E-state index contributed by atoms with van der Waals surface area (Å²) in [5.74, 6) is 0. The highest BCUT2D eigenvalue weighted by Gasteiger charge is 2.19. The highest BCUT2D eigenvalue weighted by atomic mass is 16.4. The summed E-state index contributed by atoms with van der Waals surface area (Å²) in [7, 11) is -1.36. The first-order chi connectivity index (χ1) is 8.16. The van der Waals surface area contributed by atoms with E-state index < -0.39 is 7.12 Å². The first kappa shape index (κ1) is 12.6. The molecule has 4 heteroatoms. The fourth-order valence-corrected chi connectivity index (χ4v) is 2.45. The zero-order valence-corrected chi connectivity index (χ0v) is 10.3. The molecule has 17 heavy (non-hydrogen) atoms. The summed E-state index contributed by atoms with van der Waals surface area (Å²) in [6.07, 6.45) is 3.67. The van der Waals surface area contributed by atoms with Crippen LogP contribution in [0.5, 0.6) is 0 Å². The predicted molar refractivity (Wildman–Crippen MR) is 70.2 cm³/mol. The predicted octanol–water partition coefficient (Wildman–Crippen LogP) is 0.393. The van der Waals surface area contributed by atoms with E-state index in [2.05, 4.69) is 11.8 Å². The minimum Gasteiger partial charge on any atom is -0.423 e. The van der Waals surface area contributed by atoms with Crippen molar-refractivity contribution in [1.82, 2.24) is 4.90 Å². The fourth-order valence-electron chi connectivity index (χ4n) is 2.45. The molecule has 0 spiro atoms. The van der Waals surface area contributed by atoms with E-state index in [4.69, 9.17) is 10.0 Å². The minimum atomic E-state index is -1.36. The molecule has 3 nitrogen and oxygen atoms in total. The normalized spacial score (nSPS) is 20.8. The monoisotopic (exact) mass is 233 g/mol. The Morgan fingerprint density at radius 3 is 2.53 bits per heavy atom. The van der Waals surface area contributed by atoms with Gasteiger partial charge in [-0.05, 0) is 43.8 Å². The molecule has 1 saturated heterocycles. The van der Waals surface area contributed by atoms with Gasteiger partial charge in [0, 0.05) is 12.6 Å². The van der Waals surface area contributed by atoms with Gasteiger partial charge in [0.2, 0.25) is 0 Å². The quantitative estimate of drug-likeness (QED) is 0.739. The highest BCUT2D eigenvalue weighted by molar-refractivity contribution is 6.58. The van der Waals surface area contributed by atoms with Gasteiger partial charge in [-0.25, -0.2) is 0 Å². The lowest BCUT2D eigenvalue weighted by molar-refractivity contribution is 0.272. The zero-order chi connectivity index (χ0) is 12.3. The largest absolute Gasteiger partial charge is 0.488 e. The maximum Gasteiger partial charge on any atom is 0.488 e. The van der Waals surface area contributed by atoms with Crippen LogP contribution in [0.3, 0.4) is 0 Å². The lowest BCUT2D eigenvalue weighted by Gasteiger charge is -2.20. The maximum atomic E-state index is 9.00. The van der Waals surface area contributed by atoms with Crippen LogP contribution in [0.4, 0.5) is 0 Å². The van der Waals surface area contributed by atoms with Crippen molar-refractivity contribution in [2.75, 3.05) is 13.1 Å². The van der Waals surface area contributed by atoms with Gasteiger partial charge in [0.05, 0.1) is 0 Å². The molecule has 1 atom stereocenters. The number of benzene rings is 1. The number of hydrogen-bond acceptors (Lipinski definition) is 3. The molecule has 92 valence electrons. The Morgan fingerprint density at radius 1 is 1.29 bits per heavy atom. The average molecular weight is 233 g/mol. The van der Waals surface area contributed by atoms with Crippen molar-refractivity contribution in [3.05, 3.63) is 29.8 Å². The Balaban J connectivity index is 1.86. The smallest absolute Gasteiger partial charge is 0.423 e. The van der Waals surface area contributed by atoms with Gasteiger partial charge in [0.25, 0.3) is 0 Å². The molecule has 2 rings (SSSR count). The Morgan fingerprint density at radius 2 is 2.00 bits per heavy atom. The van der Waals surface area contributed by atoms with E-state index in [-0.39, 0.29) is 0 Å². The minimum absolute atomic E-state index is 0.559. The average Bonchev–Trinajstić information content (AvgIpc) is 2.73. The standard InChI is InChI=1S/C13H20BNO2/c1-11-3-2-9-15(11)10-8-12-4-6-13(7-5-12)14(16)17/h4-7,11,16-17H,2-3,8-10H2,1H3/t11-/m0/s1.